The summed E-state index contributed by atoms with van der Waals surface area (Å²) < 4.78 is 0. The zero-order valence-corrected chi connectivity index (χ0v) is 15.5. The molecule has 0 spiro atoms. The van der Waals surface area contributed by atoms with E-state index in [4.69, 9.17) is 0 Å². The van der Waals surface area contributed by atoms with Crippen molar-refractivity contribution in [1.29, 1.82) is 0 Å². The second-order valence-electron chi connectivity index (χ2n) is 6.45. The molecule has 1 saturated carbocycles. The first-order chi connectivity index (χ1) is 12.7. The summed E-state index contributed by atoms with van der Waals surface area (Å²) in [6.07, 6.45) is 7.71. The molecule has 3 amide bonds. The average Bonchev–Trinajstić information content (AvgIpc) is 3.18. The SMILES string of the molecule is O=C(CCNC(=O)NC1CCCCC1)Nc1ccc(-c2nccs2)cc1. The minimum atomic E-state index is -0.183. The van der Waals surface area contributed by atoms with Gasteiger partial charge in [-0.1, -0.05) is 19.3 Å². The van der Waals surface area contributed by atoms with Crippen molar-refractivity contribution in [2.45, 2.75) is 44.6 Å². The predicted octanol–water partition coefficient (Wildman–Crippen LogP) is 3.77. The standard InChI is InChI=1S/C19H24N4O2S/c24-17(10-11-21-19(25)23-15-4-2-1-3-5-15)22-16-8-6-14(7-9-16)18-20-12-13-26-18/h6-9,12-13,15H,1-5,10-11H2,(H,22,24)(H2,21,23,25). The number of urea groups is 1. The molecule has 0 radical (unpaired) electrons. The monoisotopic (exact) mass is 372 g/mol. The van der Waals surface area contributed by atoms with E-state index < -0.39 is 0 Å². The highest BCUT2D eigenvalue weighted by Crippen LogP contribution is 2.23. The summed E-state index contributed by atoms with van der Waals surface area (Å²) in [5.41, 5.74) is 1.76. The molecule has 0 aliphatic heterocycles. The van der Waals surface area contributed by atoms with Crippen LogP contribution in [0.15, 0.2) is 35.8 Å². The highest BCUT2D eigenvalue weighted by Gasteiger charge is 2.15. The van der Waals surface area contributed by atoms with Gasteiger partial charge in [0, 0.05) is 41.8 Å². The summed E-state index contributed by atoms with van der Waals surface area (Å²) in [6.45, 7) is 0.321. The van der Waals surface area contributed by atoms with Crippen molar-refractivity contribution < 1.29 is 9.59 Å². The lowest BCUT2D eigenvalue weighted by molar-refractivity contribution is -0.116. The Hall–Kier alpha value is -2.41. The quantitative estimate of drug-likeness (QED) is 0.722. The minimum Gasteiger partial charge on any atom is -0.338 e. The Morgan fingerprint density at radius 3 is 2.58 bits per heavy atom. The molecule has 26 heavy (non-hydrogen) atoms. The van der Waals surface area contributed by atoms with E-state index in [1.165, 1.54) is 19.3 Å². The van der Waals surface area contributed by atoms with E-state index in [0.29, 0.717) is 6.54 Å². The third kappa shape index (κ3) is 5.56. The smallest absolute Gasteiger partial charge is 0.315 e. The summed E-state index contributed by atoms with van der Waals surface area (Å²) >= 11 is 1.58. The van der Waals surface area contributed by atoms with Gasteiger partial charge >= 0.3 is 6.03 Å². The van der Waals surface area contributed by atoms with Gasteiger partial charge in [-0.3, -0.25) is 4.79 Å². The highest BCUT2D eigenvalue weighted by atomic mass is 32.1. The van der Waals surface area contributed by atoms with Crippen LogP contribution in [0.3, 0.4) is 0 Å². The summed E-state index contributed by atoms with van der Waals surface area (Å²) in [5.74, 6) is -0.120. The summed E-state index contributed by atoms with van der Waals surface area (Å²) in [6, 6.07) is 7.68. The lowest BCUT2D eigenvalue weighted by atomic mass is 9.96. The van der Waals surface area contributed by atoms with Crippen LogP contribution in [-0.4, -0.2) is 29.5 Å². The van der Waals surface area contributed by atoms with Crippen molar-refractivity contribution in [2.24, 2.45) is 0 Å². The highest BCUT2D eigenvalue weighted by molar-refractivity contribution is 7.13. The molecule has 0 bridgehead atoms. The van der Waals surface area contributed by atoms with Crippen LogP contribution in [0.25, 0.3) is 10.6 Å². The van der Waals surface area contributed by atoms with Gasteiger partial charge in [0.1, 0.15) is 5.01 Å². The zero-order valence-electron chi connectivity index (χ0n) is 14.7. The molecule has 1 aromatic carbocycles. The van der Waals surface area contributed by atoms with Gasteiger partial charge < -0.3 is 16.0 Å². The molecule has 138 valence electrons. The first kappa shape index (κ1) is 18.4. The third-order valence-electron chi connectivity index (χ3n) is 4.43. The van der Waals surface area contributed by atoms with E-state index in [-0.39, 0.29) is 24.4 Å². The van der Waals surface area contributed by atoms with Crippen LogP contribution in [0.1, 0.15) is 38.5 Å². The van der Waals surface area contributed by atoms with Gasteiger partial charge in [-0.2, -0.15) is 0 Å². The zero-order chi connectivity index (χ0) is 18.2. The number of benzene rings is 1. The van der Waals surface area contributed by atoms with Gasteiger partial charge in [-0.05, 0) is 37.1 Å². The van der Waals surface area contributed by atoms with Crippen LogP contribution in [0.5, 0.6) is 0 Å². The molecule has 1 heterocycles. The number of carbonyl (C=O) groups excluding carboxylic acids is 2. The number of nitrogens with one attached hydrogen (secondary N) is 3. The van der Waals surface area contributed by atoms with Crippen molar-refractivity contribution in [3.05, 3.63) is 35.8 Å². The summed E-state index contributed by atoms with van der Waals surface area (Å²) in [5, 5.41) is 11.5. The number of nitrogens with zero attached hydrogens (tertiary/aromatic N) is 1. The molecular weight excluding hydrogens is 348 g/mol. The third-order valence-corrected chi connectivity index (χ3v) is 5.25. The Bertz CT molecular complexity index is 710. The van der Waals surface area contributed by atoms with Gasteiger partial charge in [0.15, 0.2) is 0 Å². The maximum Gasteiger partial charge on any atom is 0.315 e. The Kier molecular flexibility index (Phi) is 6.60. The van der Waals surface area contributed by atoms with Crippen LogP contribution in [0.4, 0.5) is 10.5 Å². The van der Waals surface area contributed by atoms with Crippen molar-refractivity contribution in [1.82, 2.24) is 15.6 Å². The predicted molar refractivity (Wildman–Crippen MR) is 104 cm³/mol. The molecule has 1 fully saturated rings. The minimum absolute atomic E-state index is 0.120. The van der Waals surface area contributed by atoms with Crippen LogP contribution < -0.4 is 16.0 Å². The summed E-state index contributed by atoms with van der Waals surface area (Å²) in [4.78, 5) is 28.1. The van der Waals surface area contributed by atoms with Gasteiger partial charge in [0.05, 0.1) is 0 Å². The van der Waals surface area contributed by atoms with Crippen molar-refractivity contribution in [3.8, 4) is 10.6 Å². The fraction of sp³-hybridized carbons (Fsp3) is 0.421. The molecule has 7 heteroatoms. The van der Waals surface area contributed by atoms with Crippen LogP contribution in [-0.2, 0) is 4.79 Å². The molecule has 1 aliphatic carbocycles. The van der Waals surface area contributed by atoms with E-state index >= 15 is 0 Å². The summed E-state index contributed by atoms with van der Waals surface area (Å²) in [7, 11) is 0. The molecule has 2 aromatic rings. The van der Waals surface area contributed by atoms with E-state index in [0.717, 1.165) is 29.1 Å². The number of carbonyl (C=O) groups is 2. The lowest BCUT2D eigenvalue weighted by Gasteiger charge is -2.22. The van der Waals surface area contributed by atoms with E-state index in [1.54, 1.807) is 17.5 Å². The maximum absolute atomic E-state index is 12.0. The van der Waals surface area contributed by atoms with Crippen molar-refractivity contribution in [3.63, 3.8) is 0 Å². The van der Waals surface area contributed by atoms with Gasteiger partial charge in [0.25, 0.3) is 0 Å². The van der Waals surface area contributed by atoms with Crippen LogP contribution >= 0.6 is 11.3 Å². The lowest BCUT2D eigenvalue weighted by Crippen LogP contribution is -2.43. The number of anilines is 1. The van der Waals surface area contributed by atoms with Gasteiger partial charge in [-0.15, -0.1) is 11.3 Å². The largest absolute Gasteiger partial charge is 0.338 e. The van der Waals surface area contributed by atoms with Crippen molar-refractivity contribution >= 4 is 29.0 Å². The topological polar surface area (TPSA) is 83.1 Å². The second-order valence-corrected chi connectivity index (χ2v) is 7.34. The molecule has 3 N–H and O–H groups in total. The number of hydrogen-bond donors (Lipinski definition) is 3. The number of aromatic nitrogens is 1. The normalized spacial score (nSPS) is 14.6. The number of hydrogen-bond acceptors (Lipinski definition) is 4. The van der Waals surface area contributed by atoms with E-state index in [2.05, 4.69) is 20.9 Å². The number of thiazole rings is 1. The fourth-order valence-electron chi connectivity index (χ4n) is 3.06. The second kappa shape index (κ2) is 9.33. The Balaban J connectivity index is 1.36. The molecule has 1 aromatic heterocycles. The van der Waals surface area contributed by atoms with E-state index in [1.807, 2.05) is 29.6 Å². The molecule has 0 unspecified atom stereocenters. The van der Waals surface area contributed by atoms with E-state index in [9.17, 15) is 9.59 Å². The first-order valence-electron chi connectivity index (χ1n) is 9.05. The maximum atomic E-state index is 12.0. The molecule has 6 nitrogen and oxygen atoms in total. The van der Waals surface area contributed by atoms with Crippen LogP contribution in [0, 0.1) is 0 Å². The number of rotatable bonds is 6. The number of amides is 3. The Morgan fingerprint density at radius 2 is 1.88 bits per heavy atom. The molecular formula is C19H24N4O2S. The van der Waals surface area contributed by atoms with Gasteiger partial charge in [0.2, 0.25) is 5.91 Å². The molecule has 1 aliphatic rings. The Labute approximate surface area is 157 Å². The fourth-order valence-corrected chi connectivity index (χ4v) is 3.70. The first-order valence-corrected chi connectivity index (χ1v) is 9.93. The van der Waals surface area contributed by atoms with Crippen molar-refractivity contribution in [2.75, 3.05) is 11.9 Å². The molecule has 0 saturated heterocycles. The van der Waals surface area contributed by atoms with Gasteiger partial charge in [-0.25, -0.2) is 9.78 Å². The average molecular weight is 372 g/mol. The molecule has 3 rings (SSSR count). The van der Waals surface area contributed by atoms with Crippen LogP contribution in [0.2, 0.25) is 0 Å². The Morgan fingerprint density at radius 1 is 1.12 bits per heavy atom. The molecule has 0 atom stereocenters.